The molecule has 2 aromatic rings. The van der Waals surface area contributed by atoms with Crippen molar-refractivity contribution in [3.63, 3.8) is 0 Å². The largest absolute Gasteiger partial charge is 0.480 e. The van der Waals surface area contributed by atoms with Gasteiger partial charge in [0.25, 0.3) is 5.91 Å². The molecule has 1 aromatic carbocycles. The summed E-state index contributed by atoms with van der Waals surface area (Å²) in [7, 11) is 2.95. The molecule has 0 bridgehead atoms. The number of guanidine groups is 1. The van der Waals surface area contributed by atoms with E-state index >= 15 is 0 Å². The number of halogens is 1. The van der Waals surface area contributed by atoms with E-state index in [1.165, 1.54) is 49.7 Å². The van der Waals surface area contributed by atoms with Gasteiger partial charge < -0.3 is 20.5 Å². The van der Waals surface area contributed by atoms with E-state index in [0.29, 0.717) is 5.69 Å². The van der Waals surface area contributed by atoms with Crippen molar-refractivity contribution in [2.45, 2.75) is 18.6 Å². The third kappa shape index (κ3) is 3.36. The summed E-state index contributed by atoms with van der Waals surface area (Å²) in [5.74, 6) is -1.94. The number of carbonyl (C=O) groups is 2. The second kappa shape index (κ2) is 7.58. The molecule has 10 nitrogen and oxygen atoms in total. The first-order valence-electron chi connectivity index (χ1n) is 9.48. The van der Waals surface area contributed by atoms with Crippen molar-refractivity contribution in [2.75, 3.05) is 26.1 Å². The van der Waals surface area contributed by atoms with E-state index in [1.807, 2.05) is 0 Å². The van der Waals surface area contributed by atoms with Crippen LogP contribution < -0.4 is 15.8 Å². The van der Waals surface area contributed by atoms with Gasteiger partial charge in [0.05, 0.1) is 38.1 Å². The van der Waals surface area contributed by atoms with E-state index in [2.05, 4.69) is 20.3 Å². The zero-order chi connectivity index (χ0) is 22.3. The van der Waals surface area contributed by atoms with Crippen molar-refractivity contribution in [1.82, 2.24) is 14.9 Å². The Hall–Kier alpha value is -3.60. The molecule has 0 radical (unpaired) electrons. The number of aliphatic imine (C=N–C) groups is 1. The van der Waals surface area contributed by atoms with Gasteiger partial charge in [0.15, 0.2) is 5.96 Å². The second-order valence-corrected chi connectivity index (χ2v) is 7.38. The Bertz CT molecular complexity index is 1080. The van der Waals surface area contributed by atoms with Crippen molar-refractivity contribution >= 4 is 23.5 Å². The molecule has 3 heterocycles. The number of hydrogen-bond donors (Lipinski definition) is 2. The van der Waals surface area contributed by atoms with Crippen LogP contribution in [0.4, 0.5) is 10.1 Å². The summed E-state index contributed by atoms with van der Waals surface area (Å²) < 4.78 is 25.6. The Morgan fingerprint density at radius 1 is 1.39 bits per heavy atom. The van der Waals surface area contributed by atoms with Gasteiger partial charge in [-0.15, -0.1) is 0 Å². The number of hydrogen-bond acceptors (Lipinski definition) is 8. The number of amides is 2. The summed E-state index contributed by atoms with van der Waals surface area (Å²) in [6.07, 6.45) is 2.09. The van der Waals surface area contributed by atoms with Crippen LogP contribution in [0, 0.1) is 11.7 Å². The molecule has 3 N–H and O–H groups in total. The van der Waals surface area contributed by atoms with Gasteiger partial charge in [0, 0.05) is 18.3 Å². The third-order valence-electron chi connectivity index (χ3n) is 5.57. The molecule has 2 amide bonds. The van der Waals surface area contributed by atoms with Crippen molar-refractivity contribution in [3.8, 4) is 5.88 Å². The number of nitrogens with one attached hydrogen (secondary N) is 1. The summed E-state index contributed by atoms with van der Waals surface area (Å²) in [5.41, 5.74) is 5.09. The molecule has 0 aliphatic carbocycles. The van der Waals surface area contributed by atoms with Gasteiger partial charge in [-0.05, 0) is 25.1 Å². The summed E-state index contributed by atoms with van der Waals surface area (Å²) in [6.45, 7) is 1.72. The molecule has 0 saturated carbocycles. The van der Waals surface area contributed by atoms with Gasteiger partial charge in [-0.25, -0.2) is 19.4 Å². The van der Waals surface area contributed by atoms with E-state index in [0.717, 1.165) is 0 Å². The van der Waals surface area contributed by atoms with Gasteiger partial charge in [-0.2, -0.15) is 0 Å². The minimum atomic E-state index is -1.32. The summed E-state index contributed by atoms with van der Waals surface area (Å²) in [6, 6.07) is 4.05. The Kier molecular flexibility index (Phi) is 5.05. The average molecular weight is 428 g/mol. The number of methoxy groups -OCH3 is 1. The molecule has 2 aliphatic rings. The van der Waals surface area contributed by atoms with Crippen LogP contribution in [0.3, 0.4) is 0 Å². The highest BCUT2D eigenvalue weighted by Crippen LogP contribution is 2.47. The highest BCUT2D eigenvalue weighted by Gasteiger charge is 2.58. The maximum atomic E-state index is 15.0. The zero-order valence-corrected chi connectivity index (χ0v) is 17.1. The van der Waals surface area contributed by atoms with Crippen LogP contribution in [0.1, 0.15) is 23.0 Å². The summed E-state index contributed by atoms with van der Waals surface area (Å²) in [4.78, 5) is 39.0. The Morgan fingerprint density at radius 3 is 2.84 bits per heavy atom. The van der Waals surface area contributed by atoms with E-state index in [1.54, 1.807) is 6.92 Å². The standard InChI is InChI=1S/C20H21FN6O4/c1-10-16-18(29)27(2)19(22)26-20(16,9-31-10)12-6-11(4-5-13(12)21)25-17(28)14-7-24-15(30-3)8-23-14/h4-8,10,16H,9H2,1-3H3,(H2,22,26)(H,25,28). The Morgan fingerprint density at radius 2 is 2.16 bits per heavy atom. The quantitative estimate of drug-likeness (QED) is 0.739. The molecular weight excluding hydrogens is 407 g/mol. The molecule has 3 atom stereocenters. The first-order chi connectivity index (χ1) is 14.8. The first-order valence-corrected chi connectivity index (χ1v) is 9.48. The smallest absolute Gasteiger partial charge is 0.275 e. The highest BCUT2D eigenvalue weighted by atomic mass is 19.1. The predicted octanol–water partition coefficient (Wildman–Crippen LogP) is 0.893. The van der Waals surface area contributed by atoms with Crippen LogP contribution in [-0.4, -0.2) is 59.5 Å². The maximum Gasteiger partial charge on any atom is 0.275 e. The highest BCUT2D eigenvalue weighted by molar-refractivity contribution is 6.03. The summed E-state index contributed by atoms with van der Waals surface area (Å²) in [5, 5.41) is 2.66. The number of nitrogens with zero attached hydrogens (tertiary/aromatic N) is 4. The fourth-order valence-electron chi connectivity index (χ4n) is 3.91. The Labute approximate surface area is 177 Å². The lowest BCUT2D eigenvalue weighted by atomic mass is 9.76. The minimum absolute atomic E-state index is 0.0165. The number of rotatable bonds is 4. The topological polar surface area (TPSA) is 132 Å². The van der Waals surface area contributed by atoms with E-state index in [9.17, 15) is 14.0 Å². The molecular formula is C20H21FN6O4. The number of anilines is 1. The molecule has 31 heavy (non-hydrogen) atoms. The lowest BCUT2D eigenvalue weighted by Gasteiger charge is -2.38. The van der Waals surface area contributed by atoms with Crippen LogP contribution in [0.5, 0.6) is 5.88 Å². The monoisotopic (exact) mass is 428 g/mol. The van der Waals surface area contributed by atoms with E-state index < -0.39 is 29.3 Å². The van der Waals surface area contributed by atoms with Crippen LogP contribution in [-0.2, 0) is 15.1 Å². The first kappa shape index (κ1) is 20.7. The number of ether oxygens (including phenoxy) is 2. The summed E-state index contributed by atoms with van der Waals surface area (Å²) >= 11 is 0. The second-order valence-electron chi connectivity index (χ2n) is 7.38. The van der Waals surface area contributed by atoms with Gasteiger partial charge in [-0.3, -0.25) is 14.5 Å². The molecule has 1 saturated heterocycles. The molecule has 162 valence electrons. The molecule has 0 spiro atoms. The number of fused-ring (bicyclic) bond motifs is 1. The van der Waals surface area contributed by atoms with Crippen LogP contribution in [0.15, 0.2) is 35.6 Å². The van der Waals surface area contributed by atoms with Crippen LogP contribution >= 0.6 is 0 Å². The predicted molar refractivity (Wildman–Crippen MR) is 108 cm³/mol. The molecule has 11 heteroatoms. The number of aromatic nitrogens is 2. The SMILES string of the molecule is COc1cnc(C(=O)Nc2ccc(F)c(C34COC(C)C3C(=O)N(C)C(N)=N4)c2)cn1. The molecule has 4 rings (SSSR count). The molecule has 1 aromatic heterocycles. The molecule has 1 fully saturated rings. The van der Waals surface area contributed by atoms with Crippen molar-refractivity contribution in [3.05, 3.63) is 47.7 Å². The minimum Gasteiger partial charge on any atom is -0.480 e. The fraction of sp³-hybridized carbons (Fsp3) is 0.350. The number of benzene rings is 1. The van der Waals surface area contributed by atoms with Crippen molar-refractivity contribution < 1.29 is 23.5 Å². The van der Waals surface area contributed by atoms with Crippen LogP contribution in [0.2, 0.25) is 0 Å². The lowest BCUT2D eigenvalue weighted by Crippen LogP contribution is -2.55. The van der Waals surface area contributed by atoms with Crippen molar-refractivity contribution in [2.24, 2.45) is 16.6 Å². The van der Waals surface area contributed by atoms with Gasteiger partial charge in [0.1, 0.15) is 17.1 Å². The fourth-order valence-corrected chi connectivity index (χ4v) is 3.91. The van der Waals surface area contributed by atoms with Gasteiger partial charge in [-0.1, -0.05) is 0 Å². The van der Waals surface area contributed by atoms with Crippen molar-refractivity contribution in [1.29, 1.82) is 0 Å². The lowest BCUT2D eigenvalue weighted by molar-refractivity contribution is -0.134. The van der Waals surface area contributed by atoms with Gasteiger partial charge in [0.2, 0.25) is 11.8 Å². The number of carbonyl (C=O) groups excluding carboxylic acids is 2. The Balaban J connectivity index is 1.70. The van der Waals surface area contributed by atoms with Crippen LogP contribution in [0.25, 0.3) is 0 Å². The zero-order valence-electron chi connectivity index (χ0n) is 17.1. The normalized spacial score (nSPS) is 25.1. The van der Waals surface area contributed by atoms with Gasteiger partial charge >= 0.3 is 0 Å². The maximum absolute atomic E-state index is 15.0. The molecule has 2 aliphatic heterocycles. The van der Waals surface area contributed by atoms with E-state index in [-0.39, 0.29) is 35.6 Å². The average Bonchev–Trinajstić information content (AvgIpc) is 3.10. The van der Waals surface area contributed by atoms with E-state index in [4.69, 9.17) is 15.2 Å². The number of nitrogens with two attached hydrogens (primary N) is 1. The third-order valence-corrected chi connectivity index (χ3v) is 5.57. The molecule has 3 unspecified atom stereocenters.